The molecule has 5 rings (SSSR count). The first-order valence-corrected chi connectivity index (χ1v) is 11.9. The molecule has 3 aromatic carbocycles. The van der Waals surface area contributed by atoms with E-state index in [2.05, 4.69) is 56.9 Å². The molecule has 2 heterocycles. The Morgan fingerprint density at radius 3 is 2.30 bits per heavy atom. The van der Waals surface area contributed by atoms with E-state index >= 15 is 0 Å². The lowest BCUT2D eigenvalue weighted by molar-refractivity contribution is 0.211. The fourth-order valence-electron chi connectivity index (χ4n) is 4.27. The molecule has 5 nitrogen and oxygen atoms in total. The second-order valence-corrected chi connectivity index (χ2v) is 9.25. The van der Waals surface area contributed by atoms with Crippen molar-refractivity contribution in [3.05, 3.63) is 88.4 Å². The second-order valence-electron chi connectivity index (χ2n) is 8.38. The molecular formula is C26H25Cl2N5. The van der Waals surface area contributed by atoms with Crippen molar-refractivity contribution in [2.24, 2.45) is 0 Å². The molecule has 1 aliphatic heterocycles. The van der Waals surface area contributed by atoms with Crippen molar-refractivity contribution in [1.29, 1.82) is 0 Å². The third-order valence-electron chi connectivity index (χ3n) is 5.90. The van der Waals surface area contributed by atoms with Crippen molar-refractivity contribution in [2.75, 3.05) is 23.7 Å². The number of aromatic nitrogens is 2. The molecule has 2 N–H and O–H groups in total. The van der Waals surface area contributed by atoms with Crippen LogP contribution in [0.4, 0.5) is 17.5 Å². The molecule has 0 atom stereocenters. The molecular weight excluding hydrogens is 453 g/mol. The minimum atomic E-state index is 0.365. The molecule has 1 aromatic heterocycles. The predicted octanol–water partition coefficient (Wildman–Crippen LogP) is 6.76. The third-order valence-corrected chi connectivity index (χ3v) is 6.34. The summed E-state index contributed by atoms with van der Waals surface area (Å²) in [4.78, 5) is 12.0. The van der Waals surface area contributed by atoms with E-state index in [1.54, 1.807) is 6.07 Å². The average molecular weight is 478 g/mol. The first-order valence-electron chi connectivity index (χ1n) is 11.1. The number of fused-ring (bicyclic) bond motifs is 1. The fourth-order valence-corrected chi connectivity index (χ4v) is 4.79. The van der Waals surface area contributed by atoms with Crippen LogP contribution in [-0.4, -0.2) is 34.0 Å². The van der Waals surface area contributed by atoms with Gasteiger partial charge in [-0.3, -0.25) is 4.90 Å². The Kier molecular flexibility index (Phi) is 6.63. The first-order chi connectivity index (χ1) is 16.1. The Morgan fingerprint density at radius 1 is 0.848 bits per heavy atom. The van der Waals surface area contributed by atoms with Crippen molar-refractivity contribution in [1.82, 2.24) is 14.9 Å². The summed E-state index contributed by atoms with van der Waals surface area (Å²) in [6.07, 6.45) is 2.13. The van der Waals surface area contributed by atoms with Gasteiger partial charge in [0.2, 0.25) is 5.95 Å². The van der Waals surface area contributed by atoms with Gasteiger partial charge in [0.15, 0.2) is 0 Å². The molecule has 0 bridgehead atoms. The molecule has 0 unspecified atom stereocenters. The number of likely N-dealkylation sites (tertiary alicyclic amines) is 1. The smallest absolute Gasteiger partial charge is 0.229 e. The molecule has 0 radical (unpaired) electrons. The highest BCUT2D eigenvalue weighted by molar-refractivity contribution is 6.35. The summed E-state index contributed by atoms with van der Waals surface area (Å²) in [7, 11) is 0. The summed E-state index contributed by atoms with van der Waals surface area (Å²) in [5.74, 6) is 1.36. The first kappa shape index (κ1) is 22.0. The van der Waals surface area contributed by atoms with Crippen molar-refractivity contribution in [3.8, 4) is 0 Å². The number of halogens is 2. The summed E-state index contributed by atoms with van der Waals surface area (Å²) >= 11 is 12.3. The monoisotopic (exact) mass is 477 g/mol. The van der Waals surface area contributed by atoms with Crippen LogP contribution >= 0.6 is 23.2 Å². The largest absolute Gasteiger partial charge is 0.367 e. The van der Waals surface area contributed by atoms with Gasteiger partial charge in [0.25, 0.3) is 0 Å². The molecule has 0 spiro atoms. The molecule has 0 amide bonds. The Labute approximate surface area is 203 Å². The van der Waals surface area contributed by atoms with Crippen LogP contribution in [-0.2, 0) is 6.54 Å². The molecule has 0 aliphatic carbocycles. The van der Waals surface area contributed by atoms with Gasteiger partial charge in [0.1, 0.15) is 5.82 Å². The number of benzene rings is 3. The molecule has 4 aromatic rings. The molecule has 168 valence electrons. The van der Waals surface area contributed by atoms with Crippen molar-refractivity contribution in [3.63, 3.8) is 0 Å². The van der Waals surface area contributed by atoms with E-state index in [1.165, 1.54) is 5.56 Å². The van der Waals surface area contributed by atoms with Gasteiger partial charge in [-0.25, -0.2) is 4.98 Å². The zero-order valence-electron chi connectivity index (χ0n) is 18.1. The zero-order chi connectivity index (χ0) is 22.6. The Hall–Kier alpha value is -2.86. The highest BCUT2D eigenvalue weighted by Crippen LogP contribution is 2.28. The summed E-state index contributed by atoms with van der Waals surface area (Å²) < 4.78 is 0. The van der Waals surface area contributed by atoms with Crippen molar-refractivity contribution >= 4 is 51.6 Å². The lowest BCUT2D eigenvalue weighted by Gasteiger charge is -2.32. The summed E-state index contributed by atoms with van der Waals surface area (Å²) in [6.45, 7) is 3.11. The second kappa shape index (κ2) is 9.96. The topological polar surface area (TPSA) is 53.1 Å². The van der Waals surface area contributed by atoms with Gasteiger partial charge in [0.05, 0.1) is 5.52 Å². The number of hydrogen-bond donors (Lipinski definition) is 2. The number of hydrogen-bond acceptors (Lipinski definition) is 5. The standard InChI is InChI=1S/C26H25Cl2N5/c27-19-14-20(28)16-22(15-19)30-26-31-24-9-5-4-8-23(24)25(32-26)29-21-10-12-33(13-11-21)17-18-6-2-1-3-7-18/h1-9,14-16,21H,10-13,17H2,(H2,29,30,31,32). The van der Waals surface area contributed by atoms with E-state index in [0.717, 1.165) is 54.9 Å². The highest BCUT2D eigenvalue weighted by atomic mass is 35.5. The molecule has 7 heteroatoms. The SMILES string of the molecule is Clc1cc(Cl)cc(Nc2nc(NC3CCN(Cc4ccccc4)CC3)c3ccccc3n2)c1. The maximum Gasteiger partial charge on any atom is 0.229 e. The Morgan fingerprint density at radius 2 is 1.55 bits per heavy atom. The Bertz CT molecular complexity index is 1220. The molecule has 1 aliphatic rings. The molecule has 1 saturated heterocycles. The van der Waals surface area contributed by atoms with Crippen LogP contribution in [0.25, 0.3) is 10.9 Å². The third kappa shape index (κ3) is 5.56. The normalized spacial score (nSPS) is 15.0. The summed E-state index contributed by atoms with van der Waals surface area (Å²) in [5.41, 5.74) is 3.00. The Balaban J connectivity index is 1.31. The van der Waals surface area contributed by atoms with Gasteiger partial charge in [0, 0.05) is 46.8 Å². The van der Waals surface area contributed by atoms with Gasteiger partial charge in [-0.1, -0.05) is 65.7 Å². The van der Waals surface area contributed by atoms with Crippen LogP contribution in [0, 0.1) is 0 Å². The van der Waals surface area contributed by atoms with Crippen LogP contribution in [0.15, 0.2) is 72.8 Å². The summed E-state index contributed by atoms with van der Waals surface area (Å²) in [5, 5.41) is 9.07. The van der Waals surface area contributed by atoms with Crippen LogP contribution in [0.3, 0.4) is 0 Å². The number of nitrogens with zero attached hydrogens (tertiary/aromatic N) is 3. The van der Waals surface area contributed by atoms with Gasteiger partial charge < -0.3 is 10.6 Å². The van der Waals surface area contributed by atoms with Crippen LogP contribution in [0.2, 0.25) is 10.0 Å². The van der Waals surface area contributed by atoms with Gasteiger partial charge in [-0.2, -0.15) is 4.98 Å². The van der Waals surface area contributed by atoms with E-state index in [0.29, 0.717) is 22.0 Å². The van der Waals surface area contributed by atoms with Crippen LogP contribution in [0.1, 0.15) is 18.4 Å². The average Bonchev–Trinajstić information content (AvgIpc) is 2.80. The number of para-hydroxylation sites is 1. The lowest BCUT2D eigenvalue weighted by atomic mass is 10.0. The fraction of sp³-hybridized carbons (Fsp3) is 0.231. The van der Waals surface area contributed by atoms with Crippen LogP contribution < -0.4 is 10.6 Å². The highest BCUT2D eigenvalue weighted by Gasteiger charge is 2.20. The van der Waals surface area contributed by atoms with E-state index < -0.39 is 0 Å². The lowest BCUT2D eigenvalue weighted by Crippen LogP contribution is -2.38. The number of rotatable bonds is 6. The van der Waals surface area contributed by atoms with E-state index in [-0.39, 0.29) is 0 Å². The van der Waals surface area contributed by atoms with Gasteiger partial charge in [-0.05, 0) is 48.7 Å². The molecule has 1 fully saturated rings. The maximum absolute atomic E-state index is 6.15. The number of anilines is 3. The minimum absolute atomic E-state index is 0.365. The van der Waals surface area contributed by atoms with Crippen LogP contribution in [0.5, 0.6) is 0 Å². The van der Waals surface area contributed by atoms with Gasteiger partial charge >= 0.3 is 0 Å². The van der Waals surface area contributed by atoms with Crippen molar-refractivity contribution < 1.29 is 0 Å². The molecule has 0 saturated carbocycles. The zero-order valence-corrected chi connectivity index (χ0v) is 19.7. The van der Waals surface area contributed by atoms with E-state index in [1.807, 2.05) is 30.3 Å². The van der Waals surface area contributed by atoms with Gasteiger partial charge in [-0.15, -0.1) is 0 Å². The predicted molar refractivity (Wildman–Crippen MR) is 138 cm³/mol. The number of nitrogens with one attached hydrogen (secondary N) is 2. The maximum atomic E-state index is 6.15. The molecule has 33 heavy (non-hydrogen) atoms. The van der Waals surface area contributed by atoms with Crippen molar-refractivity contribution in [2.45, 2.75) is 25.4 Å². The summed E-state index contributed by atoms with van der Waals surface area (Å²) in [6, 6.07) is 24.4. The van der Waals surface area contributed by atoms with E-state index in [9.17, 15) is 0 Å². The number of piperidine rings is 1. The quantitative estimate of drug-likeness (QED) is 0.321. The van der Waals surface area contributed by atoms with E-state index in [4.69, 9.17) is 28.2 Å². The minimum Gasteiger partial charge on any atom is -0.367 e.